The zero-order chi connectivity index (χ0) is 109. The number of esters is 5. The van der Waals surface area contributed by atoms with Crippen molar-refractivity contribution >= 4 is 88.0 Å². The Morgan fingerprint density at radius 3 is 0.741 bits per heavy atom. The van der Waals surface area contributed by atoms with Crippen LogP contribution in [-0.2, 0) is 33.3 Å². The molecule has 0 aliphatic heterocycles. The van der Waals surface area contributed by atoms with E-state index in [-0.39, 0.29) is 117 Å². The Morgan fingerprint density at radius 1 is 0.259 bits per heavy atom. The maximum absolute atomic E-state index is 11.8. The Morgan fingerprint density at radius 2 is 0.483 bits per heavy atom. The normalized spacial score (nSPS) is 10.1. The number of phenols is 1. The maximum atomic E-state index is 11.8. The van der Waals surface area contributed by atoms with Gasteiger partial charge in [-0.3, -0.25) is 40.5 Å². The monoisotopic (exact) mass is 2060 g/mol. The second kappa shape index (κ2) is 64.2. The van der Waals surface area contributed by atoms with E-state index < -0.39 is 90.1 Å². The summed E-state index contributed by atoms with van der Waals surface area (Å²) in [5.41, 5.74) is 10.1. The summed E-state index contributed by atoms with van der Waals surface area (Å²) >= 11 is 0. The number of carbonyl (C=O) groups is 8. The highest BCUT2D eigenvalue weighted by molar-refractivity contribution is 5.98. The largest absolute Gasteiger partial charge is 0.504 e. The van der Waals surface area contributed by atoms with E-state index in [0.29, 0.717) is 153 Å². The fourth-order valence-corrected chi connectivity index (χ4v) is 12.6. The molecule has 0 aliphatic rings. The zero-order valence-electron chi connectivity index (χ0n) is 82.4. The summed E-state index contributed by atoms with van der Waals surface area (Å²) in [5.74, 6) is -1.82. The van der Waals surface area contributed by atoms with Crippen molar-refractivity contribution < 1.29 is 192 Å². The SMILES string of the molecule is COC(=O)c1cc(OC)c(OCCCCCOc2cc([N+](=O)[O-])c(C(=O)OC)cc2OC)cc1[N+](=O)[O-].COC(=O)c1ccc(O)c(OC)c1.COC(=O)c1ccc(OCCCCCOc2ccc(C(=O)OC)cc2OC)c(OC)c1.COc1cc(C(=O)O)c(N)cc1OCCCCCOc1cc(N)c(C(=O)O)cc1OC.COc1ccc([N+](=O)[O-])cc1OCCCCCOc1cc([N+](=O)[O-])c(C(=O)O)cc1OC.O=C=O. The first-order chi connectivity index (χ1) is 70.4. The van der Waals surface area contributed by atoms with Gasteiger partial charge in [-0.15, -0.1) is 0 Å². The standard InChI is InChI=1S/C23H26N2O12.C23H28O8.C21H26N2O8.C20H22N2O10.C9H10O4.CO2/c1-32-18-10-14(22(26)34-3)16(24(28)29)12-20(18)36-8-6-5-7-9-37-21-13-17(25(30)31)15(23(27)35-4)11-19(21)33-2;1-26-20-14-16(22(24)28-3)8-10-18(20)30-12-6-5-7-13-31-19-11-9-17(23(25)29-4)15-21(19)27-2;1-28-16-8-12(20(24)25)14(22)10-18(16)30-6-4-3-5-7-31-19-11-15(23)13(21(26)27)9-17(19)29-2;1-29-16-7-6-13(21(25)26)10-18(16)31-8-4-3-5-9-32-19-12-15(22(27)28)14(20(23)24)11-17(19)30-2;1-12-8-5-6(9(11)13-2)3-4-7(8)10;2-1-3/h10-13H,5-9H2,1-4H3;8-11,14-15H,5-7,12-13H2,1-4H3;8-11H,3-7,22-23H2,1-2H3,(H,24,25)(H,26,27);6-7,10-12H,3-5,8-9H2,1-2H3,(H,23,24);3-5,10H,1-2H3;. The van der Waals surface area contributed by atoms with Gasteiger partial charge < -0.3 is 136 Å². The van der Waals surface area contributed by atoms with Gasteiger partial charge in [0.05, 0.1) is 236 Å². The van der Waals surface area contributed by atoms with Crippen molar-refractivity contribution in [1.82, 2.24) is 0 Å². The summed E-state index contributed by atoms with van der Waals surface area (Å²) in [5, 5.41) is 81.3. The third kappa shape index (κ3) is 38.3. The summed E-state index contributed by atoms with van der Waals surface area (Å²) in [6, 6.07) is 30.4. The van der Waals surface area contributed by atoms with E-state index in [0.717, 1.165) is 64.2 Å². The predicted octanol–water partition coefficient (Wildman–Crippen LogP) is 15.0. The molecule has 9 rings (SSSR count). The fourth-order valence-electron chi connectivity index (χ4n) is 12.6. The molecule has 0 unspecified atom stereocenters. The third-order valence-electron chi connectivity index (χ3n) is 20.0. The van der Waals surface area contributed by atoms with Crippen molar-refractivity contribution in [3.05, 3.63) is 218 Å². The summed E-state index contributed by atoms with van der Waals surface area (Å²) in [6.07, 6.45) is 8.57. The summed E-state index contributed by atoms with van der Waals surface area (Å²) in [7, 11) is 18.9. The van der Waals surface area contributed by atoms with E-state index in [9.17, 15) is 83.9 Å². The lowest BCUT2D eigenvalue weighted by atomic mass is 10.1. The molecule has 0 atom stereocenters. The van der Waals surface area contributed by atoms with Crippen LogP contribution in [0.5, 0.6) is 103 Å². The van der Waals surface area contributed by atoms with Crippen molar-refractivity contribution in [3.8, 4) is 103 Å². The van der Waals surface area contributed by atoms with Gasteiger partial charge in [-0.2, -0.15) is 9.59 Å². The number of carboxylic acids is 3. The molecule has 0 saturated heterocycles. The number of nitrogens with two attached hydrogens (primary N) is 2. The highest BCUT2D eigenvalue weighted by Gasteiger charge is 2.30. The lowest BCUT2D eigenvalue weighted by Crippen LogP contribution is -2.08. The van der Waals surface area contributed by atoms with Crippen LogP contribution in [0.15, 0.2) is 133 Å². The summed E-state index contributed by atoms with van der Waals surface area (Å²) in [6.45, 7) is 2.65. The number of benzene rings is 9. The third-order valence-corrected chi connectivity index (χ3v) is 20.0. The van der Waals surface area contributed by atoms with E-state index in [1.807, 2.05) is 0 Å². The summed E-state index contributed by atoms with van der Waals surface area (Å²) in [4.78, 5) is 150. The lowest BCUT2D eigenvalue weighted by molar-refractivity contribution is -0.385. The Kier molecular flexibility index (Phi) is 52.9. The number of non-ortho nitro benzene ring substituents is 1. The van der Waals surface area contributed by atoms with Crippen LogP contribution in [0.25, 0.3) is 0 Å². The maximum Gasteiger partial charge on any atom is 0.373 e. The zero-order valence-corrected chi connectivity index (χ0v) is 82.4. The van der Waals surface area contributed by atoms with Gasteiger partial charge in [-0.05, 0) is 138 Å². The highest BCUT2D eigenvalue weighted by Crippen LogP contribution is 2.42. The fraction of sp³-hybridized carbons (Fsp3) is 0.351. The first kappa shape index (κ1) is 121. The van der Waals surface area contributed by atoms with Crippen LogP contribution >= 0.6 is 0 Å². The molecular formula is C97H112N6O44. The van der Waals surface area contributed by atoms with E-state index >= 15 is 0 Å². The number of hydrogen-bond acceptors (Lipinski definition) is 43. The molecule has 8 N–H and O–H groups in total. The Labute approximate surface area is 839 Å². The minimum absolute atomic E-state index is 0.00449. The van der Waals surface area contributed by atoms with Crippen LogP contribution in [0.1, 0.15) is 160 Å². The number of nitrogen functional groups attached to an aromatic ring is 2. The number of nitro benzene ring substituents is 4. The predicted molar refractivity (Wildman–Crippen MR) is 516 cm³/mol. The molecule has 0 bridgehead atoms. The second-order valence-corrected chi connectivity index (χ2v) is 29.2. The van der Waals surface area contributed by atoms with Crippen molar-refractivity contribution in [2.24, 2.45) is 0 Å². The number of carboxylic acid groups (broad SMARTS) is 3. The molecule has 0 saturated carbocycles. The van der Waals surface area contributed by atoms with Crippen molar-refractivity contribution in [2.75, 3.05) is 164 Å². The molecule has 0 radical (unpaired) electrons. The summed E-state index contributed by atoms with van der Waals surface area (Å²) < 4.78 is 115. The Balaban J connectivity index is 0.000000389. The van der Waals surface area contributed by atoms with Crippen molar-refractivity contribution in [3.63, 3.8) is 0 Å². The van der Waals surface area contributed by atoms with Gasteiger partial charge in [0.15, 0.2) is 103 Å². The number of unbranched alkanes of at least 4 members (excludes halogenated alkanes) is 8. The molecule has 0 heterocycles. The first-order valence-electron chi connectivity index (χ1n) is 43.6. The minimum atomic E-state index is -1.44. The number of hydrogen-bond donors (Lipinski definition) is 6. The van der Waals surface area contributed by atoms with Crippen LogP contribution in [0.2, 0.25) is 0 Å². The highest BCUT2D eigenvalue weighted by atomic mass is 16.7. The van der Waals surface area contributed by atoms with Gasteiger partial charge in [0.1, 0.15) is 16.7 Å². The lowest BCUT2D eigenvalue weighted by Gasteiger charge is -2.14. The number of methoxy groups -OCH3 is 14. The van der Waals surface area contributed by atoms with Crippen molar-refractivity contribution in [1.29, 1.82) is 0 Å². The molecule has 50 heteroatoms. The van der Waals surface area contributed by atoms with Crippen LogP contribution < -0.4 is 92.0 Å². The number of nitrogens with zero attached hydrogens (tertiary/aromatic N) is 4. The first-order valence-corrected chi connectivity index (χ1v) is 43.6. The molecule has 0 aromatic heterocycles. The molecule has 0 aliphatic carbocycles. The smallest absolute Gasteiger partial charge is 0.373 e. The average molecular weight is 2070 g/mol. The number of carbonyl (C=O) groups excluding carboxylic acids is 7. The molecule has 0 spiro atoms. The van der Waals surface area contributed by atoms with E-state index in [1.54, 1.807) is 36.4 Å². The number of rotatable bonds is 53. The topological polar surface area (TPSA) is 679 Å². The quantitative estimate of drug-likeness (QED) is 0.00515. The number of anilines is 2. The van der Waals surface area contributed by atoms with Gasteiger partial charge in [-0.25, -0.2) is 38.4 Å². The van der Waals surface area contributed by atoms with E-state index in [1.165, 1.54) is 158 Å². The molecular weight excluding hydrogens is 1950 g/mol. The molecule has 9 aromatic carbocycles. The Bertz CT molecular complexity index is 5770. The second-order valence-electron chi connectivity index (χ2n) is 29.2. The van der Waals surface area contributed by atoms with Gasteiger partial charge in [-0.1, -0.05) is 0 Å². The molecule has 0 fully saturated rings. The van der Waals surface area contributed by atoms with E-state index in [4.69, 9.17) is 126 Å². The van der Waals surface area contributed by atoms with Gasteiger partial charge in [0.2, 0.25) is 0 Å². The van der Waals surface area contributed by atoms with Crippen LogP contribution in [-0.4, -0.2) is 246 Å². The van der Waals surface area contributed by atoms with E-state index in [2.05, 4.69) is 14.2 Å². The van der Waals surface area contributed by atoms with Gasteiger partial charge in [0.25, 0.3) is 22.7 Å². The van der Waals surface area contributed by atoms with Crippen LogP contribution in [0, 0.1) is 40.5 Å². The minimum Gasteiger partial charge on any atom is -0.504 e. The van der Waals surface area contributed by atoms with Gasteiger partial charge in [0, 0.05) is 48.5 Å². The number of ether oxygens (including phenoxy) is 22. The van der Waals surface area contributed by atoms with Crippen LogP contribution in [0.3, 0.4) is 0 Å². The average Bonchev–Trinajstić information content (AvgIpc) is 0.810. The molecule has 50 nitrogen and oxygen atoms in total. The molecule has 9 aromatic rings. The number of aromatic carboxylic acids is 3. The van der Waals surface area contributed by atoms with Crippen LogP contribution in [0.4, 0.5) is 34.1 Å². The number of aromatic hydroxyl groups is 1. The van der Waals surface area contributed by atoms with Gasteiger partial charge >= 0.3 is 53.9 Å². The Hall–Kier alpha value is -18.3. The number of phenolic OH excluding ortho intramolecular Hbond substituents is 1. The molecule has 147 heavy (non-hydrogen) atoms. The van der Waals surface area contributed by atoms with Crippen molar-refractivity contribution in [2.45, 2.75) is 77.0 Å². The number of nitro groups is 4. The molecule has 0 amide bonds. The molecule has 794 valence electrons.